The van der Waals surface area contributed by atoms with Crippen molar-refractivity contribution in [1.29, 1.82) is 0 Å². The molecule has 0 aromatic carbocycles. The molecule has 1 saturated heterocycles. The van der Waals surface area contributed by atoms with Crippen LogP contribution in [0.25, 0.3) is 5.65 Å². The van der Waals surface area contributed by atoms with Crippen LogP contribution in [-0.2, 0) is 11.3 Å². The van der Waals surface area contributed by atoms with Crippen LogP contribution >= 0.6 is 0 Å². The molecule has 1 aliphatic rings. The molecule has 1 fully saturated rings. The Labute approximate surface area is 141 Å². The molecule has 8 nitrogen and oxygen atoms in total. The van der Waals surface area contributed by atoms with E-state index in [0.717, 1.165) is 57.2 Å². The Morgan fingerprint density at radius 3 is 3.04 bits per heavy atom. The Balaban J connectivity index is 1.51. The molecule has 3 heterocycles. The minimum Gasteiger partial charge on any atom is -0.383 e. The maximum Gasteiger partial charge on any atom is 0.317 e. The van der Waals surface area contributed by atoms with Crippen molar-refractivity contribution in [2.45, 2.75) is 13.0 Å². The summed E-state index contributed by atoms with van der Waals surface area (Å²) in [5, 5.41) is 11.2. The van der Waals surface area contributed by atoms with Crippen molar-refractivity contribution in [1.82, 2.24) is 29.7 Å². The third-order valence-corrected chi connectivity index (χ3v) is 4.27. The number of aromatic nitrogens is 3. The van der Waals surface area contributed by atoms with Crippen LogP contribution in [-0.4, -0.2) is 76.9 Å². The molecule has 1 N–H and O–H groups in total. The number of carbonyl (C=O) groups is 1. The van der Waals surface area contributed by atoms with Crippen molar-refractivity contribution in [3.63, 3.8) is 0 Å². The average Bonchev–Trinajstić information content (AvgIpc) is 2.87. The van der Waals surface area contributed by atoms with Crippen LogP contribution < -0.4 is 5.32 Å². The molecule has 8 heteroatoms. The minimum atomic E-state index is -0.0451. The number of nitrogens with zero attached hydrogens (tertiary/aromatic N) is 5. The number of ether oxygens (including phenoxy) is 1. The van der Waals surface area contributed by atoms with Gasteiger partial charge in [-0.05, 0) is 25.1 Å². The Kier molecular flexibility index (Phi) is 5.60. The second-order valence-electron chi connectivity index (χ2n) is 5.88. The van der Waals surface area contributed by atoms with E-state index in [-0.39, 0.29) is 6.03 Å². The molecule has 0 radical (unpaired) electrons. The molecule has 0 bridgehead atoms. The number of urea groups is 1. The highest BCUT2D eigenvalue weighted by Gasteiger charge is 2.19. The second-order valence-corrected chi connectivity index (χ2v) is 5.88. The molecule has 3 rings (SSSR count). The maximum atomic E-state index is 12.4. The van der Waals surface area contributed by atoms with Gasteiger partial charge in [-0.3, -0.25) is 9.30 Å². The van der Waals surface area contributed by atoms with Gasteiger partial charge in [-0.2, -0.15) is 0 Å². The maximum absolute atomic E-state index is 12.4. The van der Waals surface area contributed by atoms with Gasteiger partial charge in [0.2, 0.25) is 0 Å². The first-order valence-corrected chi connectivity index (χ1v) is 8.30. The summed E-state index contributed by atoms with van der Waals surface area (Å²) in [6.45, 7) is 5.40. The summed E-state index contributed by atoms with van der Waals surface area (Å²) in [5.74, 6) is 0.732. The normalized spacial score (nSPS) is 16.3. The highest BCUT2D eigenvalue weighted by Crippen LogP contribution is 2.05. The predicted octanol–water partition coefficient (Wildman–Crippen LogP) is 0.593. The van der Waals surface area contributed by atoms with Gasteiger partial charge in [0.1, 0.15) is 0 Å². The second kappa shape index (κ2) is 8.07. The first-order chi connectivity index (χ1) is 11.8. The van der Waals surface area contributed by atoms with Crippen LogP contribution in [0.5, 0.6) is 0 Å². The molecule has 1 aliphatic heterocycles. The molecule has 0 spiro atoms. The van der Waals surface area contributed by atoms with E-state index in [1.165, 1.54) is 0 Å². The van der Waals surface area contributed by atoms with E-state index < -0.39 is 0 Å². The molecule has 0 unspecified atom stereocenters. The summed E-state index contributed by atoms with van der Waals surface area (Å²) in [4.78, 5) is 16.6. The summed E-state index contributed by atoms with van der Waals surface area (Å²) in [7, 11) is 1.71. The molecular weight excluding hydrogens is 308 g/mol. The van der Waals surface area contributed by atoms with Gasteiger partial charge in [0, 0.05) is 39.5 Å². The third kappa shape index (κ3) is 4.01. The molecular formula is C16H24N6O2. The van der Waals surface area contributed by atoms with Crippen LogP contribution in [0.2, 0.25) is 0 Å². The topological polar surface area (TPSA) is 75.0 Å². The number of hydrogen-bond acceptors (Lipinski definition) is 5. The van der Waals surface area contributed by atoms with Gasteiger partial charge in [-0.25, -0.2) is 4.79 Å². The average molecular weight is 332 g/mol. The molecule has 0 atom stereocenters. The van der Waals surface area contributed by atoms with E-state index in [4.69, 9.17) is 4.74 Å². The number of carbonyl (C=O) groups excluding carboxylic acids is 1. The van der Waals surface area contributed by atoms with Crippen LogP contribution in [0.3, 0.4) is 0 Å². The van der Waals surface area contributed by atoms with E-state index in [1.54, 1.807) is 7.11 Å². The van der Waals surface area contributed by atoms with Crippen molar-refractivity contribution in [2.24, 2.45) is 0 Å². The van der Waals surface area contributed by atoms with Crippen LogP contribution in [0.15, 0.2) is 24.4 Å². The number of rotatable bonds is 5. The number of fused-ring (bicyclic) bond motifs is 1. The summed E-state index contributed by atoms with van der Waals surface area (Å²) in [5.41, 5.74) is 0.783. The highest BCUT2D eigenvalue weighted by atomic mass is 16.5. The minimum absolute atomic E-state index is 0.0451. The van der Waals surface area contributed by atoms with Crippen LogP contribution in [0, 0.1) is 0 Å². The summed E-state index contributed by atoms with van der Waals surface area (Å²) in [6, 6.07) is 5.68. The Hall–Kier alpha value is -2.19. The van der Waals surface area contributed by atoms with Gasteiger partial charge in [0.05, 0.1) is 13.2 Å². The molecule has 0 aliphatic carbocycles. The van der Waals surface area contributed by atoms with Crippen LogP contribution in [0.1, 0.15) is 12.2 Å². The fourth-order valence-electron chi connectivity index (χ4n) is 2.90. The molecule has 0 saturated carbocycles. The lowest BCUT2D eigenvalue weighted by Gasteiger charge is -2.22. The monoisotopic (exact) mass is 332 g/mol. The lowest BCUT2D eigenvalue weighted by atomic mass is 10.4. The van der Waals surface area contributed by atoms with Gasteiger partial charge in [-0.15, -0.1) is 10.2 Å². The molecule has 130 valence electrons. The number of amides is 2. The molecule has 2 aromatic rings. The molecule has 24 heavy (non-hydrogen) atoms. The smallest absolute Gasteiger partial charge is 0.317 e. The first-order valence-electron chi connectivity index (χ1n) is 8.30. The quantitative estimate of drug-likeness (QED) is 0.867. The zero-order valence-corrected chi connectivity index (χ0v) is 14.0. The number of hydrogen-bond donors (Lipinski definition) is 1. The van der Waals surface area contributed by atoms with Gasteiger partial charge in [0.15, 0.2) is 11.5 Å². The first kappa shape index (κ1) is 16.7. The third-order valence-electron chi connectivity index (χ3n) is 4.27. The fraction of sp³-hybridized carbons (Fsp3) is 0.562. The Morgan fingerprint density at radius 1 is 1.25 bits per heavy atom. The Morgan fingerprint density at radius 2 is 2.17 bits per heavy atom. The fourth-order valence-corrected chi connectivity index (χ4v) is 2.90. The predicted molar refractivity (Wildman–Crippen MR) is 89.7 cm³/mol. The lowest BCUT2D eigenvalue weighted by molar-refractivity contribution is 0.149. The number of nitrogens with one attached hydrogen (secondary N) is 1. The number of methoxy groups -OCH3 is 1. The van der Waals surface area contributed by atoms with E-state index in [0.29, 0.717) is 6.54 Å². The van der Waals surface area contributed by atoms with Crippen LogP contribution in [0.4, 0.5) is 4.79 Å². The van der Waals surface area contributed by atoms with E-state index in [2.05, 4.69) is 20.4 Å². The van der Waals surface area contributed by atoms with Gasteiger partial charge >= 0.3 is 6.03 Å². The van der Waals surface area contributed by atoms with Gasteiger partial charge in [-0.1, -0.05) is 6.07 Å². The van der Waals surface area contributed by atoms with E-state index >= 15 is 0 Å². The van der Waals surface area contributed by atoms with Crippen molar-refractivity contribution in [2.75, 3.05) is 46.4 Å². The largest absolute Gasteiger partial charge is 0.383 e. The zero-order chi connectivity index (χ0) is 16.8. The summed E-state index contributed by atoms with van der Waals surface area (Å²) < 4.78 is 7.01. The SMILES string of the molecule is COCCN1CCCN(C(=O)NCc2nnc3ccccn23)CC1. The number of pyridine rings is 1. The van der Waals surface area contributed by atoms with E-state index in [1.807, 2.05) is 33.7 Å². The summed E-state index contributed by atoms with van der Waals surface area (Å²) in [6.07, 6.45) is 2.88. The molecule has 2 aromatic heterocycles. The van der Waals surface area contributed by atoms with Crippen molar-refractivity contribution >= 4 is 11.7 Å². The van der Waals surface area contributed by atoms with E-state index in [9.17, 15) is 4.79 Å². The standard InChI is InChI=1S/C16H24N6O2/c1-24-12-11-20-6-4-7-21(10-9-20)16(23)17-13-15-19-18-14-5-2-3-8-22(14)15/h2-3,5,8H,4,6-7,9-13H2,1H3,(H,17,23). The van der Waals surface area contributed by atoms with Gasteiger partial charge in [0.25, 0.3) is 0 Å². The molecule has 2 amide bonds. The van der Waals surface area contributed by atoms with Gasteiger partial charge < -0.3 is 15.0 Å². The van der Waals surface area contributed by atoms with Crippen molar-refractivity contribution < 1.29 is 9.53 Å². The van der Waals surface area contributed by atoms with Crippen molar-refractivity contribution in [3.8, 4) is 0 Å². The van der Waals surface area contributed by atoms with Crippen molar-refractivity contribution in [3.05, 3.63) is 30.2 Å². The Bertz CT molecular complexity index is 673. The zero-order valence-electron chi connectivity index (χ0n) is 14.0. The highest BCUT2D eigenvalue weighted by molar-refractivity contribution is 5.74. The lowest BCUT2D eigenvalue weighted by Crippen LogP contribution is -2.42. The summed E-state index contributed by atoms with van der Waals surface area (Å²) >= 11 is 0.